The van der Waals surface area contributed by atoms with Crippen molar-refractivity contribution >= 4 is 21.5 Å². The Labute approximate surface area is 118 Å². The molecule has 0 fully saturated rings. The van der Waals surface area contributed by atoms with Gasteiger partial charge in [0, 0.05) is 19.0 Å². The highest BCUT2D eigenvalue weighted by Gasteiger charge is 2.14. The zero-order valence-corrected chi connectivity index (χ0v) is 12.1. The van der Waals surface area contributed by atoms with Crippen molar-refractivity contribution in [1.82, 2.24) is 4.90 Å². The Morgan fingerprint density at radius 1 is 1.35 bits per heavy atom. The molecule has 5 nitrogen and oxygen atoms in total. The second kappa shape index (κ2) is 5.50. The van der Waals surface area contributed by atoms with Crippen LogP contribution in [0.3, 0.4) is 0 Å². The fraction of sp³-hybridized carbons (Fsp3) is 0.214. The largest absolute Gasteiger partial charge is 0.452 e. The number of ether oxygens (including phenoxy) is 1. The van der Waals surface area contributed by atoms with Gasteiger partial charge in [-0.05, 0) is 29.3 Å². The van der Waals surface area contributed by atoms with E-state index in [1.165, 1.54) is 18.3 Å². The van der Waals surface area contributed by atoms with E-state index in [4.69, 9.17) is 0 Å². The number of amides is 1. The van der Waals surface area contributed by atoms with Crippen molar-refractivity contribution < 1.29 is 17.9 Å². The molecule has 1 amide bonds. The number of carbonyl (C=O) groups is 1. The number of hydrogen-bond donors (Lipinski definition) is 0. The first-order valence-corrected chi connectivity index (χ1v) is 7.84. The number of benzene rings is 1. The van der Waals surface area contributed by atoms with Crippen molar-refractivity contribution in [3.63, 3.8) is 0 Å². The van der Waals surface area contributed by atoms with E-state index in [0.717, 1.165) is 11.1 Å². The van der Waals surface area contributed by atoms with Gasteiger partial charge in [-0.2, -0.15) is 0 Å². The second-order valence-electron chi connectivity index (χ2n) is 4.40. The third-order valence-electron chi connectivity index (χ3n) is 2.95. The molecular weight excluding hydrogens is 278 g/mol. The zero-order chi connectivity index (χ0) is 14.8. The Kier molecular flexibility index (Phi) is 3.94. The molecule has 1 aliphatic rings. The highest BCUT2D eigenvalue weighted by Crippen LogP contribution is 2.22. The highest BCUT2D eigenvalue weighted by atomic mass is 32.2. The third kappa shape index (κ3) is 3.08. The molecule has 0 atom stereocenters. The molecule has 1 aliphatic heterocycles. The van der Waals surface area contributed by atoms with Crippen LogP contribution >= 0.6 is 0 Å². The smallest absolute Gasteiger partial charge is 0.413 e. The summed E-state index contributed by atoms with van der Waals surface area (Å²) in [6.45, 7) is 0.390. The van der Waals surface area contributed by atoms with Crippen LogP contribution in [0.1, 0.15) is 5.56 Å². The van der Waals surface area contributed by atoms with Crippen LogP contribution in [0.25, 0.3) is 5.57 Å². The maximum atomic E-state index is 11.5. The Morgan fingerprint density at radius 2 is 2.10 bits per heavy atom. The topological polar surface area (TPSA) is 63.7 Å². The van der Waals surface area contributed by atoms with E-state index in [1.54, 1.807) is 30.5 Å². The van der Waals surface area contributed by atoms with Gasteiger partial charge >= 0.3 is 6.09 Å². The van der Waals surface area contributed by atoms with Crippen LogP contribution in [0.5, 0.6) is 0 Å². The normalized spacial score (nSPS) is 14.9. The summed E-state index contributed by atoms with van der Waals surface area (Å²) in [5, 5.41) is 0. The Balaban J connectivity index is 2.25. The quantitative estimate of drug-likeness (QED) is 0.837. The van der Waals surface area contributed by atoms with Gasteiger partial charge in [0.1, 0.15) is 0 Å². The van der Waals surface area contributed by atoms with Crippen LogP contribution < -0.4 is 0 Å². The van der Waals surface area contributed by atoms with Crippen LogP contribution in [-0.2, 0) is 14.6 Å². The molecule has 106 valence electrons. The molecule has 0 radical (unpaired) electrons. The minimum atomic E-state index is -3.23. The van der Waals surface area contributed by atoms with Crippen LogP contribution in [0.2, 0.25) is 0 Å². The summed E-state index contributed by atoms with van der Waals surface area (Å²) in [4.78, 5) is 13.0. The van der Waals surface area contributed by atoms with Gasteiger partial charge in [0.05, 0.1) is 12.0 Å². The first-order chi connectivity index (χ1) is 9.41. The number of sulfone groups is 1. The van der Waals surface area contributed by atoms with Gasteiger partial charge in [0.2, 0.25) is 0 Å². The van der Waals surface area contributed by atoms with E-state index in [1.807, 2.05) is 12.1 Å². The summed E-state index contributed by atoms with van der Waals surface area (Å²) in [5.41, 5.74) is 1.67. The molecule has 0 saturated carbocycles. The lowest BCUT2D eigenvalue weighted by Gasteiger charge is -2.19. The Hall–Kier alpha value is -2.08. The van der Waals surface area contributed by atoms with Gasteiger partial charge in [-0.15, -0.1) is 0 Å². The molecule has 0 saturated heterocycles. The number of hydrogen-bond acceptors (Lipinski definition) is 4. The summed E-state index contributed by atoms with van der Waals surface area (Å²) >= 11 is 0. The monoisotopic (exact) mass is 293 g/mol. The lowest BCUT2D eigenvalue weighted by molar-refractivity contribution is 0.143. The molecule has 0 spiro atoms. The molecule has 0 N–H and O–H groups in total. The maximum absolute atomic E-state index is 11.5. The molecule has 1 aromatic rings. The van der Waals surface area contributed by atoms with E-state index in [9.17, 15) is 13.2 Å². The van der Waals surface area contributed by atoms with Crippen molar-refractivity contribution in [3.05, 3.63) is 48.2 Å². The molecule has 1 heterocycles. The highest BCUT2D eigenvalue weighted by molar-refractivity contribution is 7.90. The van der Waals surface area contributed by atoms with E-state index >= 15 is 0 Å². The first kappa shape index (κ1) is 14.3. The predicted molar refractivity (Wildman–Crippen MR) is 75.8 cm³/mol. The summed E-state index contributed by atoms with van der Waals surface area (Å²) in [7, 11) is -1.90. The van der Waals surface area contributed by atoms with E-state index in [2.05, 4.69) is 4.74 Å². The van der Waals surface area contributed by atoms with Gasteiger partial charge in [0.15, 0.2) is 9.84 Å². The molecular formula is C14H15NO4S. The fourth-order valence-corrected chi connectivity index (χ4v) is 2.54. The Bertz CT molecular complexity index is 689. The van der Waals surface area contributed by atoms with Gasteiger partial charge in [-0.25, -0.2) is 13.2 Å². The number of carbonyl (C=O) groups excluding carboxylic acids is 1. The number of allylic oxidation sites excluding steroid dienone is 2. The first-order valence-electron chi connectivity index (χ1n) is 5.95. The van der Waals surface area contributed by atoms with Crippen LogP contribution in [0, 0.1) is 0 Å². The SMILES string of the molecule is COC(=O)N1C=CC(c2cccc(S(C)(=O)=O)c2)=CC1. The number of methoxy groups -OCH3 is 1. The van der Waals surface area contributed by atoms with Gasteiger partial charge < -0.3 is 4.74 Å². The molecule has 6 heteroatoms. The maximum Gasteiger partial charge on any atom is 0.413 e. The minimum absolute atomic E-state index is 0.277. The average Bonchev–Trinajstić information content (AvgIpc) is 2.46. The molecule has 0 bridgehead atoms. The number of rotatable bonds is 2. The summed E-state index contributed by atoms with van der Waals surface area (Å²) in [6.07, 6.45) is 5.96. The van der Waals surface area contributed by atoms with Gasteiger partial charge in [-0.3, -0.25) is 4.90 Å². The van der Waals surface area contributed by atoms with Crippen molar-refractivity contribution in [2.24, 2.45) is 0 Å². The summed E-state index contributed by atoms with van der Waals surface area (Å²) in [6, 6.07) is 6.72. The molecule has 0 aromatic heterocycles. The van der Waals surface area contributed by atoms with Crippen molar-refractivity contribution in [2.45, 2.75) is 4.90 Å². The van der Waals surface area contributed by atoms with Gasteiger partial charge in [-0.1, -0.05) is 18.2 Å². The van der Waals surface area contributed by atoms with Crippen LogP contribution in [0.4, 0.5) is 4.79 Å². The van der Waals surface area contributed by atoms with Crippen LogP contribution in [-0.4, -0.2) is 39.3 Å². The summed E-state index contributed by atoms with van der Waals surface area (Å²) in [5.74, 6) is 0. The molecule has 2 rings (SSSR count). The van der Waals surface area contributed by atoms with E-state index < -0.39 is 15.9 Å². The minimum Gasteiger partial charge on any atom is -0.452 e. The Morgan fingerprint density at radius 3 is 2.65 bits per heavy atom. The molecule has 1 aromatic carbocycles. The van der Waals surface area contributed by atoms with E-state index in [-0.39, 0.29) is 4.90 Å². The second-order valence-corrected chi connectivity index (χ2v) is 6.41. The lowest BCUT2D eigenvalue weighted by Crippen LogP contribution is -2.27. The average molecular weight is 293 g/mol. The van der Waals surface area contributed by atoms with E-state index in [0.29, 0.717) is 6.54 Å². The lowest BCUT2D eigenvalue weighted by atomic mass is 10.0. The zero-order valence-electron chi connectivity index (χ0n) is 11.2. The standard InChI is InChI=1S/C14H15NO4S/c1-19-14(16)15-8-6-11(7-9-15)12-4-3-5-13(10-12)20(2,17)18/h3-8,10H,9H2,1-2H3. The van der Waals surface area contributed by atoms with Crippen molar-refractivity contribution in [2.75, 3.05) is 19.9 Å². The fourth-order valence-electron chi connectivity index (χ4n) is 1.87. The summed E-state index contributed by atoms with van der Waals surface area (Å²) < 4.78 is 27.7. The third-order valence-corrected chi connectivity index (χ3v) is 4.06. The predicted octanol–water partition coefficient (Wildman–Crippen LogP) is 2.07. The number of nitrogens with zero attached hydrogens (tertiary/aromatic N) is 1. The molecule has 0 unspecified atom stereocenters. The molecule has 0 aliphatic carbocycles. The van der Waals surface area contributed by atoms with Gasteiger partial charge in [0.25, 0.3) is 0 Å². The molecule has 20 heavy (non-hydrogen) atoms. The van der Waals surface area contributed by atoms with Crippen LogP contribution in [0.15, 0.2) is 47.5 Å². The van der Waals surface area contributed by atoms with Crippen molar-refractivity contribution in [3.8, 4) is 0 Å². The van der Waals surface area contributed by atoms with Crippen molar-refractivity contribution in [1.29, 1.82) is 0 Å².